The molecule has 0 fully saturated rings. The fraction of sp³-hybridized carbons (Fsp3) is 0.500. The zero-order valence-corrected chi connectivity index (χ0v) is 7.60. The van der Waals surface area contributed by atoms with Crippen molar-refractivity contribution in [1.29, 1.82) is 0 Å². The summed E-state index contributed by atoms with van der Waals surface area (Å²) in [6.45, 7) is 2.01. The van der Waals surface area contributed by atoms with Crippen LogP contribution in [-0.2, 0) is 13.0 Å². The van der Waals surface area contributed by atoms with Gasteiger partial charge in [-0.2, -0.15) is 0 Å². The van der Waals surface area contributed by atoms with Crippen molar-refractivity contribution in [1.82, 2.24) is 15.3 Å². The summed E-state index contributed by atoms with van der Waals surface area (Å²) in [5.74, 6) is 0. The highest BCUT2D eigenvalue weighted by Gasteiger charge is 2.11. The van der Waals surface area contributed by atoms with Gasteiger partial charge in [0.2, 0.25) is 0 Å². The molecule has 10 heavy (non-hydrogen) atoms. The van der Waals surface area contributed by atoms with E-state index in [2.05, 4.69) is 37.9 Å². The largest absolute Gasteiger partial charge is 0.336 e. The monoisotopic (exact) mass is 249 g/mol. The highest BCUT2D eigenvalue weighted by molar-refractivity contribution is 14.1. The molecule has 4 heteroatoms. The second-order valence-electron chi connectivity index (χ2n) is 2.38. The van der Waals surface area contributed by atoms with Gasteiger partial charge in [-0.15, -0.1) is 0 Å². The van der Waals surface area contributed by atoms with Crippen molar-refractivity contribution in [3.63, 3.8) is 0 Å². The molecule has 2 heterocycles. The van der Waals surface area contributed by atoms with E-state index in [4.69, 9.17) is 0 Å². The molecule has 0 aliphatic carbocycles. The first-order valence-corrected chi connectivity index (χ1v) is 4.38. The first kappa shape index (κ1) is 6.60. The predicted molar refractivity (Wildman–Crippen MR) is 46.7 cm³/mol. The predicted octanol–water partition coefficient (Wildman–Crippen LogP) is 0.660. The Kier molecular flexibility index (Phi) is 1.65. The lowest BCUT2D eigenvalue weighted by molar-refractivity contribution is 0.627. The third-order valence-electron chi connectivity index (χ3n) is 1.68. The number of rotatable bonds is 0. The second-order valence-corrected chi connectivity index (χ2v) is 3.40. The Balaban J connectivity index is 2.41. The first-order chi connectivity index (χ1) is 4.86. The highest BCUT2D eigenvalue weighted by Crippen LogP contribution is 2.11. The lowest BCUT2D eigenvalue weighted by Gasteiger charge is -2.09. The minimum atomic E-state index is 0.950. The van der Waals surface area contributed by atoms with E-state index in [0.717, 1.165) is 23.3 Å². The molecule has 0 atom stereocenters. The molecule has 2 rings (SSSR count). The van der Waals surface area contributed by atoms with E-state index in [-0.39, 0.29) is 0 Å². The maximum atomic E-state index is 4.34. The minimum Gasteiger partial charge on any atom is -0.336 e. The maximum absolute atomic E-state index is 4.34. The highest BCUT2D eigenvalue weighted by atomic mass is 127. The fourth-order valence-corrected chi connectivity index (χ4v) is 1.80. The molecule has 1 aromatic rings. The lowest BCUT2D eigenvalue weighted by Crippen LogP contribution is -2.23. The average molecular weight is 249 g/mol. The summed E-state index contributed by atoms with van der Waals surface area (Å²) in [6.07, 6.45) is 1.06. The Bertz CT molecular complexity index is 220. The Morgan fingerprint density at radius 2 is 2.40 bits per heavy atom. The summed E-state index contributed by atoms with van der Waals surface area (Å²) in [4.78, 5) is 7.55. The van der Waals surface area contributed by atoms with Gasteiger partial charge in [0, 0.05) is 19.5 Å². The summed E-state index contributed by atoms with van der Waals surface area (Å²) in [6, 6.07) is 0. The zero-order valence-electron chi connectivity index (χ0n) is 5.45. The molecule has 3 nitrogen and oxygen atoms in total. The summed E-state index contributed by atoms with van der Waals surface area (Å²) in [7, 11) is 0. The smallest absolute Gasteiger partial charge is 0.169 e. The van der Waals surface area contributed by atoms with Crippen molar-refractivity contribution in [3.05, 3.63) is 15.2 Å². The Labute approximate surface area is 72.8 Å². The molecule has 0 aromatic carbocycles. The molecule has 0 spiro atoms. The van der Waals surface area contributed by atoms with Crippen LogP contribution < -0.4 is 5.32 Å². The van der Waals surface area contributed by atoms with E-state index in [9.17, 15) is 0 Å². The number of aromatic amines is 1. The number of hydrogen-bond donors (Lipinski definition) is 2. The van der Waals surface area contributed by atoms with E-state index in [1.54, 1.807) is 0 Å². The minimum absolute atomic E-state index is 0.950. The van der Waals surface area contributed by atoms with Crippen molar-refractivity contribution in [2.75, 3.05) is 6.54 Å². The van der Waals surface area contributed by atoms with Crippen molar-refractivity contribution < 1.29 is 0 Å². The van der Waals surface area contributed by atoms with Crippen LogP contribution in [0.1, 0.15) is 11.4 Å². The van der Waals surface area contributed by atoms with Crippen LogP contribution in [-0.4, -0.2) is 16.5 Å². The Morgan fingerprint density at radius 1 is 1.50 bits per heavy atom. The van der Waals surface area contributed by atoms with Crippen LogP contribution in [0.25, 0.3) is 0 Å². The van der Waals surface area contributed by atoms with Gasteiger partial charge < -0.3 is 10.3 Å². The standard InChI is InChI=1S/C6H8IN3/c7-6-9-4-1-2-8-3-5(4)10-6/h8H,1-3H2,(H,9,10). The zero-order chi connectivity index (χ0) is 6.97. The molecule has 0 radical (unpaired) electrons. The summed E-state index contributed by atoms with van der Waals surface area (Å²) in [5, 5.41) is 3.28. The van der Waals surface area contributed by atoms with Gasteiger partial charge >= 0.3 is 0 Å². The van der Waals surface area contributed by atoms with E-state index in [1.807, 2.05) is 0 Å². The summed E-state index contributed by atoms with van der Waals surface area (Å²) >= 11 is 2.21. The lowest BCUT2D eigenvalue weighted by atomic mass is 10.2. The Hall–Kier alpha value is -0.100. The van der Waals surface area contributed by atoms with Gasteiger partial charge in [0.25, 0.3) is 0 Å². The number of hydrogen-bond acceptors (Lipinski definition) is 2. The second kappa shape index (κ2) is 2.50. The van der Waals surface area contributed by atoms with Crippen LogP contribution in [0.2, 0.25) is 0 Å². The molecule has 54 valence electrons. The van der Waals surface area contributed by atoms with Crippen LogP contribution in [0.5, 0.6) is 0 Å². The fourth-order valence-electron chi connectivity index (χ4n) is 1.18. The summed E-state index contributed by atoms with van der Waals surface area (Å²) < 4.78 is 1.01. The molecule has 1 aliphatic rings. The SMILES string of the molecule is Ic1nc2c([nH]1)CNCC2. The number of aromatic nitrogens is 2. The number of imidazole rings is 1. The van der Waals surface area contributed by atoms with Crippen molar-refractivity contribution in [3.8, 4) is 0 Å². The van der Waals surface area contributed by atoms with Gasteiger partial charge in [0.15, 0.2) is 3.83 Å². The number of nitrogens with one attached hydrogen (secondary N) is 2. The number of fused-ring (bicyclic) bond motifs is 1. The molecular weight excluding hydrogens is 241 g/mol. The number of H-pyrrole nitrogens is 1. The number of nitrogens with zero attached hydrogens (tertiary/aromatic N) is 1. The van der Waals surface area contributed by atoms with Crippen LogP contribution >= 0.6 is 22.6 Å². The molecule has 0 amide bonds. The first-order valence-electron chi connectivity index (χ1n) is 3.30. The quantitative estimate of drug-likeness (QED) is 0.663. The molecule has 1 aliphatic heterocycles. The van der Waals surface area contributed by atoms with Gasteiger partial charge in [-0.25, -0.2) is 4.98 Å². The third-order valence-corrected chi connectivity index (χ3v) is 2.19. The van der Waals surface area contributed by atoms with Gasteiger partial charge in [0.1, 0.15) is 0 Å². The van der Waals surface area contributed by atoms with Crippen LogP contribution in [0, 0.1) is 3.83 Å². The third kappa shape index (κ3) is 1.05. The molecular formula is C6H8IN3. The summed E-state index contributed by atoms with van der Waals surface area (Å²) in [5.41, 5.74) is 2.50. The molecule has 0 saturated heterocycles. The van der Waals surface area contributed by atoms with Crippen LogP contribution in [0.3, 0.4) is 0 Å². The van der Waals surface area contributed by atoms with Gasteiger partial charge in [-0.3, -0.25) is 0 Å². The van der Waals surface area contributed by atoms with Gasteiger partial charge in [0.05, 0.1) is 11.4 Å². The Morgan fingerprint density at radius 3 is 3.20 bits per heavy atom. The molecule has 0 saturated carbocycles. The van der Waals surface area contributed by atoms with Gasteiger partial charge in [-0.1, -0.05) is 0 Å². The molecule has 1 aromatic heterocycles. The van der Waals surface area contributed by atoms with E-state index < -0.39 is 0 Å². The molecule has 0 unspecified atom stereocenters. The van der Waals surface area contributed by atoms with Crippen molar-refractivity contribution in [2.24, 2.45) is 0 Å². The van der Waals surface area contributed by atoms with Crippen molar-refractivity contribution >= 4 is 22.6 Å². The average Bonchev–Trinajstić information content (AvgIpc) is 2.27. The van der Waals surface area contributed by atoms with Crippen LogP contribution in [0.4, 0.5) is 0 Å². The maximum Gasteiger partial charge on any atom is 0.169 e. The van der Waals surface area contributed by atoms with E-state index in [1.165, 1.54) is 11.4 Å². The molecule has 2 N–H and O–H groups in total. The van der Waals surface area contributed by atoms with E-state index >= 15 is 0 Å². The topological polar surface area (TPSA) is 40.7 Å². The van der Waals surface area contributed by atoms with Crippen LogP contribution in [0.15, 0.2) is 0 Å². The molecule has 0 bridgehead atoms. The van der Waals surface area contributed by atoms with Gasteiger partial charge in [-0.05, 0) is 22.6 Å². The van der Waals surface area contributed by atoms with E-state index in [0.29, 0.717) is 0 Å². The normalized spacial score (nSPS) is 16.9. The van der Waals surface area contributed by atoms with Crippen molar-refractivity contribution in [2.45, 2.75) is 13.0 Å². The number of halogens is 1.